The number of aliphatic hydroxyl groups is 1. The molecule has 0 spiro atoms. The maximum Gasteiger partial charge on any atom is 0.296 e. The highest BCUT2D eigenvalue weighted by atomic mass is 32.2. The SMILES string of the molecule is Cc1ccc(S(=O)(=O)OCC2CCC(COc3cc(-c4scnc4C)ccc3CNC(=O)[C@@H]3C[C@@H](O)CN3C(=O)[C@@H](NC(=O)C3(F)CC3)C(C)(C)C)CC2)cc1. The molecule has 0 unspecified atom stereocenters. The Morgan fingerprint density at radius 2 is 1.70 bits per heavy atom. The van der Waals surface area contributed by atoms with Crippen molar-refractivity contribution in [3.63, 3.8) is 0 Å². The number of aryl methyl sites for hydroxylation is 2. The Morgan fingerprint density at radius 3 is 2.30 bits per heavy atom. The van der Waals surface area contributed by atoms with Crippen LogP contribution in [-0.4, -0.2) is 84.7 Å². The number of aromatic nitrogens is 1. The molecule has 0 bridgehead atoms. The number of thiazole rings is 1. The highest BCUT2D eigenvalue weighted by Gasteiger charge is 2.53. The molecule has 12 nitrogen and oxygen atoms in total. The molecule has 3 fully saturated rings. The Bertz CT molecular complexity index is 2000. The average molecular weight is 813 g/mol. The van der Waals surface area contributed by atoms with Crippen LogP contribution >= 0.6 is 11.3 Å². The van der Waals surface area contributed by atoms with Crippen LogP contribution in [0.15, 0.2) is 52.9 Å². The van der Waals surface area contributed by atoms with Crippen molar-refractivity contribution in [3.8, 4) is 16.2 Å². The smallest absolute Gasteiger partial charge is 0.296 e. The first-order valence-corrected chi connectivity index (χ1v) is 21.6. The first kappa shape index (κ1) is 41.7. The van der Waals surface area contributed by atoms with E-state index in [1.54, 1.807) is 50.5 Å². The molecular formula is C41H53FN4O8S2. The summed E-state index contributed by atoms with van der Waals surface area (Å²) in [7, 11) is -3.83. The zero-order valence-electron chi connectivity index (χ0n) is 32.7. The number of likely N-dealkylation sites (tertiary alicyclic amines) is 1. The van der Waals surface area contributed by atoms with E-state index in [2.05, 4.69) is 15.6 Å². The maximum atomic E-state index is 14.6. The van der Waals surface area contributed by atoms with Crippen molar-refractivity contribution in [2.45, 2.75) is 115 Å². The molecule has 6 rings (SSSR count). The lowest BCUT2D eigenvalue weighted by Crippen LogP contribution is -2.59. The number of β-amino-alcohol motifs (C(OH)–C–C–N with tert-alkyl or cyclic N) is 1. The number of benzene rings is 2. The number of carbonyl (C=O) groups is 3. The summed E-state index contributed by atoms with van der Waals surface area (Å²) < 4.78 is 51.9. The highest BCUT2D eigenvalue weighted by molar-refractivity contribution is 7.86. The molecule has 2 heterocycles. The van der Waals surface area contributed by atoms with Crippen molar-refractivity contribution in [3.05, 3.63) is 64.8 Å². The quantitative estimate of drug-likeness (QED) is 0.175. The molecule has 3 N–H and O–H groups in total. The van der Waals surface area contributed by atoms with Crippen molar-refractivity contribution in [1.82, 2.24) is 20.5 Å². The second-order valence-electron chi connectivity index (χ2n) is 16.7. The molecule has 2 saturated carbocycles. The lowest BCUT2D eigenvalue weighted by Gasteiger charge is -2.35. The van der Waals surface area contributed by atoms with E-state index in [0.29, 0.717) is 12.4 Å². The van der Waals surface area contributed by atoms with E-state index >= 15 is 0 Å². The molecule has 15 heteroatoms. The van der Waals surface area contributed by atoms with Crippen molar-refractivity contribution in [1.29, 1.82) is 0 Å². The van der Waals surface area contributed by atoms with E-state index in [1.165, 1.54) is 16.2 Å². The van der Waals surface area contributed by atoms with Gasteiger partial charge in [-0.05, 0) is 93.4 Å². The molecule has 3 aromatic rings. The monoisotopic (exact) mass is 812 g/mol. The molecule has 1 aliphatic heterocycles. The second-order valence-corrected chi connectivity index (χ2v) is 19.2. The lowest BCUT2D eigenvalue weighted by atomic mass is 9.83. The van der Waals surface area contributed by atoms with Gasteiger partial charge in [0.2, 0.25) is 11.8 Å². The number of nitrogens with one attached hydrogen (secondary N) is 2. The number of aliphatic hydroxyl groups excluding tert-OH is 1. The van der Waals surface area contributed by atoms with Crippen molar-refractivity contribution in [2.24, 2.45) is 17.3 Å². The number of rotatable bonds is 14. The molecule has 3 amide bonds. The molecular weight excluding hydrogens is 760 g/mol. The van der Waals surface area contributed by atoms with E-state index in [0.717, 1.165) is 52.9 Å². The predicted octanol–water partition coefficient (Wildman–Crippen LogP) is 5.63. The number of ether oxygens (including phenoxy) is 1. The van der Waals surface area contributed by atoms with Gasteiger partial charge in [0.05, 0.1) is 40.3 Å². The number of hydrogen-bond donors (Lipinski definition) is 3. The van der Waals surface area contributed by atoms with Gasteiger partial charge < -0.3 is 25.4 Å². The van der Waals surface area contributed by atoms with Crippen molar-refractivity contribution >= 4 is 39.2 Å². The van der Waals surface area contributed by atoms with Gasteiger partial charge in [-0.3, -0.25) is 18.6 Å². The number of carbonyl (C=O) groups excluding carboxylic acids is 3. The largest absolute Gasteiger partial charge is 0.493 e. The Kier molecular flexibility index (Phi) is 12.6. The van der Waals surface area contributed by atoms with Crippen LogP contribution in [0.4, 0.5) is 4.39 Å². The molecule has 304 valence electrons. The van der Waals surface area contributed by atoms with Gasteiger partial charge in [0.1, 0.15) is 17.8 Å². The summed E-state index contributed by atoms with van der Waals surface area (Å²) in [6.45, 7) is 9.68. The molecule has 3 atom stereocenters. The van der Waals surface area contributed by atoms with Crippen LogP contribution in [0.2, 0.25) is 0 Å². The number of nitrogens with zero attached hydrogens (tertiary/aromatic N) is 2. The van der Waals surface area contributed by atoms with Gasteiger partial charge in [0.25, 0.3) is 16.0 Å². The number of amides is 3. The molecule has 56 heavy (non-hydrogen) atoms. The topological polar surface area (TPSA) is 164 Å². The minimum Gasteiger partial charge on any atom is -0.493 e. The third-order valence-corrected chi connectivity index (χ3v) is 13.4. The lowest BCUT2D eigenvalue weighted by molar-refractivity contribution is -0.145. The van der Waals surface area contributed by atoms with Gasteiger partial charge in [0, 0.05) is 25.1 Å². The van der Waals surface area contributed by atoms with E-state index in [1.807, 2.05) is 32.0 Å². The number of alkyl halides is 1. The van der Waals surface area contributed by atoms with E-state index in [9.17, 15) is 32.3 Å². The standard InChI is InChI=1S/C41H53FN4O8S2/c1-25-6-14-32(15-7-25)56(51,52)54-23-28-10-8-27(9-11-28)22-53-34-18-29(35-26(2)44-24-55-35)12-13-30(34)20-43-37(48)33-19-31(47)21-46(33)38(49)36(40(3,4)5)45-39(50)41(42)16-17-41/h6-7,12-15,18,24,27-28,31,33,36,47H,8-11,16-17,19-23H2,1-5H3,(H,43,48)(H,45,50)/t27?,28?,31-,33+,36-/m1/s1. The molecule has 1 saturated heterocycles. The summed E-state index contributed by atoms with van der Waals surface area (Å²) in [4.78, 5) is 47.1. The first-order chi connectivity index (χ1) is 26.4. The molecule has 0 radical (unpaired) electrons. The Morgan fingerprint density at radius 1 is 1.04 bits per heavy atom. The van der Waals surface area contributed by atoms with Crippen molar-refractivity contribution < 1.29 is 41.2 Å². The fourth-order valence-corrected chi connectivity index (χ4v) is 9.08. The fraction of sp³-hybridized carbons (Fsp3) is 0.561. The van der Waals surface area contributed by atoms with Gasteiger partial charge in [-0.25, -0.2) is 9.37 Å². The van der Waals surface area contributed by atoms with Crippen LogP contribution in [0.5, 0.6) is 5.75 Å². The van der Waals surface area contributed by atoms with Crippen LogP contribution in [0, 0.1) is 31.1 Å². The Balaban J connectivity index is 1.09. The third-order valence-electron chi connectivity index (χ3n) is 11.1. The van der Waals surface area contributed by atoms with Crippen molar-refractivity contribution in [2.75, 3.05) is 19.8 Å². The van der Waals surface area contributed by atoms with Crippen LogP contribution < -0.4 is 15.4 Å². The first-order valence-electron chi connectivity index (χ1n) is 19.3. The summed E-state index contributed by atoms with van der Waals surface area (Å²) in [5, 5.41) is 16.1. The Labute approximate surface area is 332 Å². The van der Waals surface area contributed by atoms with Gasteiger partial charge in [-0.15, -0.1) is 11.3 Å². The molecule has 2 aliphatic carbocycles. The maximum absolute atomic E-state index is 14.6. The molecule has 1 aromatic heterocycles. The Hall–Kier alpha value is -3.92. The summed E-state index contributed by atoms with van der Waals surface area (Å²) >= 11 is 1.52. The van der Waals surface area contributed by atoms with E-state index < -0.39 is 57.1 Å². The normalized spacial score (nSPS) is 22.7. The molecule has 2 aromatic carbocycles. The van der Waals surface area contributed by atoms with Gasteiger partial charge in [-0.1, -0.05) is 50.6 Å². The van der Waals surface area contributed by atoms with Crippen LogP contribution in [-0.2, 0) is 35.2 Å². The summed E-state index contributed by atoms with van der Waals surface area (Å²) in [5.74, 6) is -0.892. The van der Waals surface area contributed by atoms with Gasteiger partial charge >= 0.3 is 0 Å². The van der Waals surface area contributed by atoms with Crippen LogP contribution in [0.25, 0.3) is 10.4 Å². The van der Waals surface area contributed by atoms with Gasteiger partial charge in [0.15, 0.2) is 5.67 Å². The summed E-state index contributed by atoms with van der Waals surface area (Å²) in [6.07, 6.45) is 2.58. The van der Waals surface area contributed by atoms with E-state index in [4.69, 9.17) is 8.92 Å². The predicted molar refractivity (Wildman–Crippen MR) is 210 cm³/mol. The fourth-order valence-electron chi connectivity index (χ4n) is 7.30. The summed E-state index contributed by atoms with van der Waals surface area (Å²) in [5.41, 5.74) is 2.54. The summed E-state index contributed by atoms with van der Waals surface area (Å²) in [6, 6.07) is 10.3. The zero-order chi connectivity index (χ0) is 40.4. The highest BCUT2D eigenvalue weighted by Crippen LogP contribution is 2.41. The minimum absolute atomic E-state index is 0.0218. The van der Waals surface area contributed by atoms with E-state index in [-0.39, 0.29) is 55.7 Å². The van der Waals surface area contributed by atoms with Gasteiger partial charge in [-0.2, -0.15) is 8.42 Å². The minimum atomic E-state index is -3.83. The number of hydrogen-bond acceptors (Lipinski definition) is 10. The second kappa shape index (κ2) is 16.9. The molecule has 3 aliphatic rings. The van der Waals surface area contributed by atoms with Crippen LogP contribution in [0.3, 0.4) is 0 Å². The average Bonchev–Trinajstić information content (AvgIpc) is 3.56. The zero-order valence-corrected chi connectivity index (χ0v) is 34.3. The number of halogens is 1. The third kappa shape index (κ3) is 9.96. The van der Waals surface area contributed by atoms with Crippen LogP contribution in [0.1, 0.15) is 82.5 Å².